The molecule has 2 fully saturated rings. The summed E-state index contributed by atoms with van der Waals surface area (Å²) in [5.41, 5.74) is -1.09. The van der Waals surface area contributed by atoms with Crippen LogP contribution in [0.15, 0.2) is 24.3 Å². The number of esters is 3. The van der Waals surface area contributed by atoms with Gasteiger partial charge in [-0.05, 0) is 66.1 Å². The van der Waals surface area contributed by atoms with Crippen molar-refractivity contribution in [3.63, 3.8) is 0 Å². The van der Waals surface area contributed by atoms with Crippen LogP contribution in [0, 0.1) is 17.8 Å². The van der Waals surface area contributed by atoms with Crippen LogP contribution in [0.2, 0.25) is 0 Å². The number of rotatable bonds is 13. The number of carbonyl (C=O) groups excluding carboxylic acids is 5. The van der Waals surface area contributed by atoms with Crippen molar-refractivity contribution in [2.24, 2.45) is 17.8 Å². The molecule has 17 heteroatoms. The maximum Gasteiger partial charge on any atom is 0.309 e. The topological polar surface area (TPSA) is 192 Å². The van der Waals surface area contributed by atoms with Crippen LogP contribution < -0.4 is 0 Å². The maximum absolute atomic E-state index is 13.3. The predicted octanol–water partition coefficient (Wildman–Crippen LogP) is 4.25. The van der Waals surface area contributed by atoms with E-state index in [1.165, 1.54) is 27.2 Å². The Morgan fingerprint density at radius 2 is 1.65 bits per heavy atom. The Hall–Kier alpha value is -2.61. The van der Waals surface area contributed by atoms with Gasteiger partial charge in [-0.25, -0.2) is 0 Å². The molecule has 3 aliphatic heterocycles. The van der Waals surface area contributed by atoms with Crippen molar-refractivity contribution in [3.05, 3.63) is 24.3 Å². The number of cyclic esters (lactones) is 1. The average Bonchev–Trinajstić information content (AvgIpc) is 3.15. The molecule has 6 unspecified atom stereocenters. The van der Waals surface area contributed by atoms with E-state index >= 15 is 0 Å². The zero-order valence-electron chi connectivity index (χ0n) is 37.1. The molecule has 0 radical (unpaired) electrons. The molecule has 16 atom stereocenters. The number of aliphatic hydroxyl groups excluding tert-OH is 1. The molecule has 0 amide bonds. The molecule has 0 aromatic carbocycles. The van der Waals surface area contributed by atoms with Crippen LogP contribution in [0.5, 0.6) is 0 Å². The number of ketones is 1. The molecule has 2 saturated heterocycles. The first kappa shape index (κ1) is 51.7. The van der Waals surface area contributed by atoms with Gasteiger partial charge in [-0.2, -0.15) is 0 Å². The summed E-state index contributed by atoms with van der Waals surface area (Å²) in [4.78, 5) is 65.3. The molecule has 16 nitrogen and oxygen atoms in total. The fourth-order valence-electron chi connectivity index (χ4n) is 8.12. The summed E-state index contributed by atoms with van der Waals surface area (Å²) in [5, 5.41) is 12.2. The number of ether oxygens (including phenoxy) is 9. The average molecular weight is 919 g/mol. The number of hydrogen-bond acceptors (Lipinski definition) is 16. The van der Waals surface area contributed by atoms with Gasteiger partial charge < -0.3 is 57.4 Å². The second kappa shape index (κ2) is 23.7. The quantitative estimate of drug-likeness (QED) is 0.119. The zero-order valence-corrected chi connectivity index (χ0v) is 38.7. The third-order valence-corrected chi connectivity index (χ3v) is 12.7. The summed E-state index contributed by atoms with van der Waals surface area (Å²) < 4.78 is 55.3. The fraction of sp³-hybridized carbons (Fsp3) is 0.791. The van der Waals surface area contributed by atoms with Crippen LogP contribution in [-0.2, 0) is 66.6 Å². The molecular weight excluding hydrogens is 850 g/mol. The molecule has 0 bridgehead atoms. The number of halogens is 1. The van der Waals surface area contributed by atoms with Crippen LogP contribution in [0.3, 0.4) is 0 Å². The van der Waals surface area contributed by atoms with Crippen molar-refractivity contribution >= 4 is 45.9 Å². The lowest BCUT2D eigenvalue weighted by molar-refractivity contribution is -0.343. The van der Waals surface area contributed by atoms with Gasteiger partial charge in [-0.3, -0.25) is 19.2 Å². The third-order valence-electron chi connectivity index (χ3n) is 11.3. The molecule has 3 aliphatic rings. The summed E-state index contributed by atoms with van der Waals surface area (Å²) in [6.07, 6.45) is -3.58. The van der Waals surface area contributed by atoms with Gasteiger partial charge in [0.05, 0.1) is 35.6 Å². The fourth-order valence-corrected chi connectivity index (χ4v) is 8.82. The number of aldehydes is 1. The number of methoxy groups -OCH3 is 2. The highest BCUT2D eigenvalue weighted by atomic mass is 79.9. The van der Waals surface area contributed by atoms with E-state index in [1.807, 2.05) is 13.8 Å². The highest BCUT2D eigenvalue weighted by Crippen LogP contribution is 2.42. The number of alkyl halides is 1. The summed E-state index contributed by atoms with van der Waals surface area (Å²) >= 11 is 3.72. The van der Waals surface area contributed by atoms with Gasteiger partial charge >= 0.3 is 17.9 Å². The minimum atomic E-state index is -1.41. The molecule has 1 N–H and O–H groups in total. The molecule has 3 rings (SSSR count). The smallest absolute Gasteiger partial charge is 0.309 e. The lowest BCUT2D eigenvalue weighted by Crippen LogP contribution is -2.68. The minimum absolute atomic E-state index is 0.0908. The molecule has 0 aromatic rings. The lowest BCUT2D eigenvalue weighted by Gasteiger charge is -2.52. The van der Waals surface area contributed by atoms with Crippen LogP contribution >= 0.6 is 15.9 Å². The van der Waals surface area contributed by atoms with Crippen molar-refractivity contribution in [2.45, 2.75) is 171 Å². The molecule has 0 spiro atoms. The summed E-state index contributed by atoms with van der Waals surface area (Å²) in [7, 11) is 6.39. The number of allylic oxidation sites excluding steroid dienone is 3. The third kappa shape index (κ3) is 13.7. The van der Waals surface area contributed by atoms with Crippen molar-refractivity contribution in [1.82, 2.24) is 4.90 Å². The van der Waals surface area contributed by atoms with E-state index in [9.17, 15) is 29.1 Å². The second-order valence-electron chi connectivity index (χ2n) is 16.9. The van der Waals surface area contributed by atoms with E-state index in [-0.39, 0.29) is 36.9 Å². The number of aliphatic hydroxyl groups is 1. The van der Waals surface area contributed by atoms with E-state index in [0.717, 1.165) is 0 Å². The first-order valence-corrected chi connectivity index (χ1v) is 21.7. The summed E-state index contributed by atoms with van der Waals surface area (Å²) in [6, 6.07) is -0.788. The van der Waals surface area contributed by atoms with Gasteiger partial charge in [0.2, 0.25) is 0 Å². The normalized spacial score (nSPS) is 39.8. The van der Waals surface area contributed by atoms with Gasteiger partial charge in [-0.15, -0.1) is 0 Å². The highest BCUT2D eigenvalue weighted by Gasteiger charge is 2.57. The summed E-state index contributed by atoms with van der Waals surface area (Å²) in [6.45, 7) is 13.8. The first-order valence-electron chi connectivity index (χ1n) is 20.7. The number of likely N-dealkylation sites (N-methyl/N-ethyl adjacent to an activating group) is 1. The Kier molecular flexibility index (Phi) is 20.5. The Labute approximate surface area is 363 Å². The second-order valence-corrected chi connectivity index (χ2v) is 17.9. The highest BCUT2D eigenvalue weighted by molar-refractivity contribution is 9.09. The Bertz CT molecular complexity index is 1490. The van der Waals surface area contributed by atoms with Crippen LogP contribution in [0.25, 0.3) is 0 Å². The van der Waals surface area contributed by atoms with Gasteiger partial charge in [-0.1, -0.05) is 54.9 Å². The number of carbonyl (C=O) groups is 5. The standard InChI is InChI=1S/C43H68BrNO15/c1-23(2)20-32(49)58-40-27(6)56-42(39(44)43(40,8)53-12)59-36-26(5)55-41(35(51)34(36)45(9)10)60-37-29(18-19-46)21-24(3)30(48)17-15-13-14-16-25(4)54-33(50)22-31(38(37)52-11)57-28(7)47/h13-15,17,19,23-27,29,31,34-42,51H,16,18,20-22H2,1-12H3/b14-13-,17-15+/t24?,25?,26-,27+,29?,31?,34-,35-,36-,37?,38?,39+,40+,41+,42+,43-/m1/s1. The van der Waals surface area contributed by atoms with E-state index in [2.05, 4.69) is 15.9 Å². The largest absolute Gasteiger partial charge is 0.462 e. The van der Waals surface area contributed by atoms with E-state index in [0.29, 0.717) is 12.7 Å². The van der Waals surface area contributed by atoms with Crippen LogP contribution in [-0.4, -0.2) is 152 Å². The molecular formula is C43H68BrNO15. The molecule has 60 heavy (non-hydrogen) atoms. The van der Waals surface area contributed by atoms with E-state index < -0.39 is 114 Å². The molecule has 0 saturated carbocycles. The summed E-state index contributed by atoms with van der Waals surface area (Å²) in [5.74, 6) is -3.20. The van der Waals surface area contributed by atoms with Crippen molar-refractivity contribution in [1.29, 1.82) is 0 Å². The van der Waals surface area contributed by atoms with E-state index in [1.54, 1.807) is 71.8 Å². The molecule has 3 heterocycles. The predicted molar refractivity (Wildman–Crippen MR) is 222 cm³/mol. The van der Waals surface area contributed by atoms with Crippen LogP contribution in [0.4, 0.5) is 0 Å². The van der Waals surface area contributed by atoms with Crippen LogP contribution in [0.1, 0.15) is 87.5 Å². The molecule has 0 aromatic heterocycles. The van der Waals surface area contributed by atoms with Crippen molar-refractivity contribution in [2.75, 3.05) is 28.3 Å². The van der Waals surface area contributed by atoms with Gasteiger partial charge in [0.1, 0.15) is 42.4 Å². The monoisotopic (exact) mass is 917 g/mol. The first-order chi connectivity index (χ1) is 28.2. The Morgan fingerprint density at radius 1 is 1.00 bits per heavy atom. The Morgan fingerprint density at radius 3 is 2.23 bits per heavy atom. The van der Waals surface area contributed by atoms with Gasteiger partial charge in [0.25, 0.3) is 0 Å². The van der Waals surface area contributed by atoms with Crippen molar-refractivity contribution in [3.8, 4) is 0 Å². The SMILES string of the molecule is COC1C(OC(C)=O)CC(=O)OC(C)C/C=C\C=C\C(=O)C(C)CC(CC=O)C1O[C@@H]1O[C@H](C)[C@@H](O[C@@H]2O[C@@H](C)[C@H](OC(=O)CC(C)C)[C@](C)(OC)[C@H]2Br)[C@H](N(C)C)[C@H]1O. The Balaban J connectivity index is 2.02. The number of nitrogens with zero attached hydrogens (tertiary/aromatic N) is 1. The maximum atomic E-state index is 13.3. The van der Waals surface area contributed by atoms with E-state index in [4.69, 9.17) is 42.6 Å². The lowest BCUT2D eigenvalue weighted by atomic mass is 9.83. The van der Waals surface area contributed by atoms with Crippen molar-refractivity contribution < 1.29 is 71.7 Å². The zero-order chi connectivity index (χ0) is 45.1. The number of hydrogen-bond donors (Lipinski definition) is 1. The molecule has 342 valence electrons. The van der Waals surface area contributed by atoms with Gasteiger partial charge in [0, 0.05) is 46.3 Å². The molecule has 0 aliphatic carbocycles. The minimum Gasteiger partial charge on any atom is -0.462 e. The van der Waals surface area contributed by atoms with Gasteiger partial charge in [0.15, 0.2) is 24.5 Å².